The van der Waals surface area contributed by atoms with Crippen LogP contribution in [0.4, 0.5) is 0 Å². The molecule has 0 bridgehead atoms. The molecule has 1 N–H and O–H groups in total. The maximum Gasteiger partial charge on any atom is 0.191 e. The SMILES string of the molecule is c1ccc2c(-c3nnc(SCC4CCCO4)n3C3CC3)c[nH]c2c1. The van der Waals surface area contributed by atoms with Gasteiger partial charge in [-0.25, -0.2) is 0 Å². The Morgan fingerprint density at radius 1 is 1.21 bits per heavy atom. The van der Waals surface area contributed by atoms with Gasteiger partial charge in [0.25, 0.3) is 0 Å². The van der Waals surface area contributed by atoms with Crippen molar-refractivity contribution in [3.8, 4) is 11.4 Å². The largest absolute Gasteiger partial charge is 0.377 e. The number of rotatable bonds is 5. The quantitative estimate of drug-likeness (QED) is 0.713. The van der Waals surface area contributed by atoms with Crippen molar-refractivity contribution in [1.82, 2.24) is 19.7 Å². The molecule has 1 saturated heterocycles. The number of nitrogens with one attached hydrogen (secondary N) is 1. The topological polar surface area (TPSA) is 55.7 Å². The first-order valence-electron chi connectivity index (χ1n) is 8.66. The van der Waals surface area contributed by atoms with Crippen LogP contribution in [0.15, 0.2) is 35.6 Å². The number of fused-ring (bicyclic) bond motifs is 1. The van der Waals surface area contributed by atoms with Crippen LogP contribution < -0.4 is 0 Å². The van der Waals surface area contributed by atoms with E-state index in [4.69, 9.17) is 4.74 Å². The van der Waals surface area contributed by atoms with Crippen LogP contribution >= 0.6 is 11.8 Å². The molecule has 3 aromatic rings. The Balaban J connectivity index is 1.49. The molecule has 1 aromatic carbocycles. The summed E-state index contributed by atoms with van der Waals surface area (Å²) in [4.78, 5) is 3.35. The van der Waals surface area contributed by atoms with Gasteiger partial charge in [-0.1, -0.05) is 30.0 Å². The predicted octanol–water partition coefficient (Wildman–Crippen LogP) is 4.03. The lowest BCUT2D eigenvalue weighted by Crippen LogP contribution is -2.09. The van der Waals surface area contributed by atoms with Crippen molar-refractivity contribution in [1.29, 1.82) is 0 Å². The molecule has 1 atom stereocenters. The van der Waals surface area contributed by atoms with E-state index in [1.807, 2.05) is 0 Å². The molecule has 3 heterocycles. The van der Waals surface area contributed by atoms with Gasteiger partial charge >= 0.3 is 0 Å². The summed E-state index contributed by atoms with van der Waals surface area (Å²) < 4.78 is 8.09. The standard InChI is InChI=1S/C18H20N4OS/c1-2-6-16-14(5-1)15(10-19-16)17-20-21-18(22(17)12-7-8-12)24-11-13-4-3-9-23-13/h1-2,5-6,10,12-13,19H,3-4,7-9,11H2. The van der Waals surface area contributed by atoms with E-state index < -0.39 is 0 Å². The Bertz CT molecular complexity index is 861. The van der Waals surface area contributed by atoms with Crippen LogP contribution in [0.2, 0.25) is 0 Å². The molecule has 1 saturated carbocycles. The van der Waals surface area contributed by atoms with Crippen molar-refractivity contribution >= 4 is 22.7 Å². The molecular formula is C18H20N4OS. The molecule has 2 fully saturated rings. The van der Waals surface area contributed by atoms with Crippen molar-refractivity contribution in [3.63, 3.8) is 0 Å². The zero-order valence-corrected chi connectivity index (χ0v) is 14.3. The van der Waals surface area contributed by atoms with Gasteiger partial charge in [0.15, 0.2) is 11.0 Å². The second-order valence-corrected chi connectivity index (χ2v) is 7.59. The van der Waals surface area contributed by atoms with Crippen LogP contribution in [0.1, 0.15) is 31.7 Å². The van der Waals surface area contributed by atoms with E-state index in [1.165, 1.54) is 31.1 Å². The van der Waals surface area contributed by atoms with Crippen molar-refractivity contribution in [3.05, 3.63) is 30.5 Å². The Morgan fingerprint density at radius 3 is 2.96 bits per heavy atom. The van der Waals surface area contributed by atoms with Crippen LogP contribution in [0.3, 0.4) is 0 Å². The number of ether oxygens (including phenoxy) is 1. The summed E-state index contributed by atoms with van der Waals surface area (Å²) in [6.07, 6.45) is 7.22. The zero-order valence-electron chi connectivity index (χ0n) is 13.4. The molecule has 1 unspecified atom stereocenters. The molecule has 5 nitrogen and oxygen atoms in total. The third-order valence-corrected chi connectivity index (χ3v) is 5.90. The highest BCUT2D eigenvalue weighted by atomic mass is 32.2. The molecule has 24 heavy (non-hydrogen) atoms. The highest BCUT2D eigenvalue weighted by Crippen LogP contribution is 2.42. The third-order valence-electron chi connectivity index (χ3n) is 4.83. The van der Waals surface area contributed by atoms with Crippen molar-refractivity contribution in [2.24, 2.45) is 0 Å². The summed E-state index contributed by atoms with van der Waals surface area (Å²) in [6, 6.07) is 8.92. The minimum absolute atomic E-state index is 0.371. The van der Waals surface area contributed by atoms with E-state index in [-0.39, 0.29) is 0 Å². The van der Waals surface area contributed by atoms with Crippen LogP contribution in [-0.2, 0) is 4.74 Å². The third kappa shape index (κ3) is 2.54. The number of benzene rings is 1. The highest BCUT2D eigenvalue weighted by Gasteiger charge is 2.31. The van der Waals surface area contributed by atoms with Gasteiger partial charge in [0.2, 0.25) is 0 Å². The minimum Gasteiger partial charge on any atom is -0.377 e. The number of aromatic amines is 1. The molecule has 2 aromatic heterocycles. The van der Waals surface area contributed by atoms with Gasteiger partial charge in [-0.05, 0) is 31.7 Å². The van der Waals surface area contributed by atoms with Crippen LogP contribution in [0.5, 0.6) is 0 Å². The van der Waals surface area contributed by atoms with E-state index in [2.05, 4.69) is 50.2 Å². The first kappa shape index (κ1) is 14.5. The maximum atomic E-state index is 5.74. The van der Waals surface area contributed by atoms with E-state index in [9.17, 15) is 0 Å². The van der Waals surface area contributed by atoms with Crippen molar-refractivity contribution < 1.29 is 4.74 Å². The van der Waals surface area contributed by atoms with Crippen molar-refractivity contribution in [2.75, 3.05) is 12.4 Å². The fraction of sp³-hybridized carbons (Fsp3) is 0.444. The van der Waals surface area contributed by atoms with Gasteiger partial charge in [0.1, 0.15) is 0 Å². The number of thioether (sulfide) groups is 1. The lowest BCUT2D eigenvalue weighted by molar-refractivity contribution is 0.129. The minimum atomic E-state index is 0.371. The summed E-state index contributed by atoms with van der Waals surface area (Å²) in [6.45, 7) is 0.904. The zero-order chi connectivity index (χ0) is 15.9. The van der Waals surface area contributed by atoms with Gasteiger partial charge < -0.3 is 9.72 Å². The highest BCUT2D eigenvalue weighted by molar-refractivity contribution is 7.99. The predicted molar refractivity (Wildman–Crippen MR) is 95.3 cm³/mol. The first-order valence-corrected chi connectivity index (χ1v) is 9.64. The monoisotopic (exact) mass is 340 g/mol. The van der Waals surface area contributed by atoms with E-state index >= 15 is 0 Å². The summed E-state index contributed by atoms with van der Waals surface area (Å²) in [5.41, 5.74) is 2.29. The van der Waals surface area contributed by atoms with Crippen LogP contribution in [-0.4, -0.2) is 38.2 Å². The smallest absolute Gasteiger partial charge is 0.191 e. The summed E-state index contributed by atoms with van der Waals surface area (Å²) in [5, 5.41) is 11.3. The second kappa shape index (κ2) is 5.93. The van der Waals surface area contributed by atoms with Gasteiger partial charge in [0, 0.05) is 41.1 Å². The number of hydrogen-bond donors (Lipinski definition) is 1. The molecule has 5 rings (SSSR count). The second-order valence-electron chi connectivity index (χ2n) is 6.60. The van der Waals surface area contributed by atoms with Crippen molar-refractivity contribution in [2.45, 2.75) is 43.0 Å². The first-order chi connectivity index (χ1) is 11.9. The number of H-pyrrole nitrogens is 1. The Labute approximate surface area is 144 Å². The van der Waals surface area contributed by atoms with Gasteiger partial charge in [0.05, 0.1) is 6.10 Å². The molecule has 124 valence electrons. The Kier molecular flexibility index (Phi) is 3.60. The average molecular weight is 340 g/mol. The van der Waals surface area contributed by atoms with E-state index in [0.717, 1.165) is 34.4 Å². The fourth-order valence-electron chi connectivity index (χ4n) is 3.42. The molecule has 2 aliphatic rings. The Hall–Kier alpha value is -1.79. The molecule has 1 aliphatic heterocycles. The lowest BCUT2D eigenvalue weighted by atomic mass is 10.1. The molecule has 1 aliphatic carbocycles. The summed E-state index contributed by atoms with van der Waals surface area (Å²) in [5.74, 6) is 1.96. The fourth-order valence-corrected chi connectivity index (χ4v) is 4.49. The number of para-hydroxylation sites is 1. The van der Waals surface area contributed by atoms with Gasteiger partial charge in [-0.15, -0.1) is 10.2 Å². The normalized spacial score (nSPS) is 20.9. The molecular weight excluding hydrogens is 320 g/mol. The van der Waals surface area contributed by atoms with E-state index in [1.54, 1.807) is 11.8 Å². The Morgan fingerprint density at radius 2 is 2.12 bits per heavy atom. The number of hydrogen-bond acceptors (Lipinski definition) is 4. The molecule has 0 amide bonds. The molecule has 6 heteroatoms. The average Bonchev–Trinajstić information content (AvgIpc) is 3.04. The van der Waals surface area contributed by atoms with Gasteiger partial charge in [-0.2, -0.15) is 0 Å². The lowest BCUT2D eigenvalue weighted by Gasteiger charge is -2.10. The summed E-state index contributed by atoms with van der Waals surface area (Å²) >= 11 is 1.79. The van der Waals surface area contributed by atoms with E-state index in [0.29, 0.717) is 12.1 Å². The molecule has 0 spiro atoms. The number of aromatic nitrogens is 4. The van der Waals surface area contributed by atoms with Crippen LogP contribution in [0, 0.1) is 0 Å². The maximum absolute atomic E-state index is 5.74. The van der Waals surface area contributed by atoms with Crippen LogP contribution in [0.25, 0.3) is 22.3 Å². The summed E-state index contributed by atoms with van der Waals surface area (Å²) in [7, 11) is 0. The molecule has 0 radical (unpaired) electrons. The van der Waals surface area contributed by atoms with Gasteiger partial charge in [-0.3, -0.25) is 4.57 Å². The number of nitrogens with zero attached hydrogens (tertiary/aromatic N) is 3.